The molecular weight excluding hydrogens is 327 g/mol. The molecule has 1 fully saturated rings. The van der Waals surface area contributed by atoms with Gasteiger partial charge in [0.05, 0.1) is 5.56 Å². The van der Waals surface area contributed by atoms with Crippen molar-refractivity contribution in [3.63, 3.8) is 0 Å². The first-order valence-electron chi connectivity index (χ1n) is 7.47. The Bertz CT molecular complexity index is 613. The Morgan fingerprint density at radius 3 is 2.75 bits per heavy atom. The molecule has 24 heavy (non-hydrogen) atoms. The van der Waals surface area contributed by atoms with E-state index in [4.69, 9.17) is 5.73 Å². The molecule has 1 aromatic rings. The van der Waals surface area contributed by atoms with Gasteiger partial charge in [0.15, 0.2) is 0 Å². The van der Waals surface area contributed by atoms with Crippen LogP contribution >= 0.6 is 0 Å². The second kappa shape index (κ2) is 7.89. The zero-order valence-electron chi connectivity index (χ0n) is 12.8. The van der Waals surface area contributed by atoms with Crippen LogP contribution in [0.2, 0.25) is 0 Å². The number of rotatable bonds is 5. The number of carbonyl (C=O) groups excluding carboxylic acids is 2. The second-order valence-corrected chi connectivity index (χ2v) is 5.41. The van der Waals surface area contributed by atoms with E-state index in [2.05, 4.69) is 10.1 Å². The average molecular weight is 345 g/mol. The quantitative estimate of drug-likeness (QED) is 0.857. The van der Waals surface area contributed by atoms with Gasteiger partial charge in [-0.15, -0.1) is 0 Å². The van der Waals surface area contributed by atoms with Gasteiger partial charge in [-0.2, -0.15) is 8.78 Å². The number of urea groups is 1. The average Bonchev–Trinajstić information content (AvgIpc) is 2.52. The molecule has 1 saturated heterocycles. The van der Waals surface area contributed by atoms with Gasteiger partial charge >= 0.3 is 12.6 Å². The van der Waals surface area contributed by atoms with Gasteiger partial charge in [0.25, 0.3) is 5.91 Å². The minimum atomic E-state index is -3.07. The fourth-order valence-corrected chi connectivity index (χ4v) is 2.70. The van der Waals surface area contributed by atoms with Crippen molar-refractivity contribution >= 4 is 11.9 Å². The third kappa shape index (κ3) is 4.53. The summed E-state index contributed by atoms with van der Waals surface area (Å²) in [6.45, 7) is -2.48. The first kappa shape index (κ1) is 17.9. The molecule has 2 rings (SSSR count). The number of amides is 3. The van der Waals surface area contributed by atoms with Gasteiger partial charge in [-0.25, -0.2) is 9.18 Å². The molecule has 1 aliphatic rings. The first-order chi connectivity index (χ1) is 11.4. The van der Waals surface area contributed by atoms with Crippen LogP contribution in [0.25, 0.3) is 0 Å². The number of hydrogen-bond donors (Lipinski definition) is 2. The summed E-state index contributed by atoms with van der Waals surface area (Å²) in [6.07, 6.45) is 2.28. The van der Waals surface area contributed by atoms with Crippen LogP contribution in [0.15, 0.2) is 18.2 Å². The van der Waals surface area contributed by atoms with Crippen LogP contribution < -0.4 is 15.8 Å². The van der Waals surface area contributed by atoms with Gasteiger partial charge in [-0.05, 0) is 31.4 Å². The van der Waals surface area contributed by atoms with E-state index in [9.17, 15) is 22.8 Å². The van der Waals surface area contributed by atoms with E-state index in [0.29, 0.717) is 13.0 Å². The highest BCUT2D eigenvalue weighted by Gasteiger charge is 2.29. The maximum Gasteiger partial charge on any atom is 0.387 e. The SMILES string of the molecule is NC(=O)NCC1CCCCN1C(=O)c1ccc(OC(F)F)cc1F. The lowest BCUT2D eigenvalue weighted by Gasteiger charge is -2.36. The molecule has 1 aromatic carbocycles. The second-order valence-electron chi connectivity index (χ2n) is 5.41. The van der Waals surface area contributed by atoms with E-state index < -0.39 is 24.4 Å². The number of halogens is 3. The normalized spacial score (nSPS) is 17.7. The molecule has 0 spiro atoms. The molecule has 0 saturated carbocycles. The highest BCUT2D eigenvalue weighted by molar-refractivity contribution is 5.95. The summed E-state index contributed by atoms with van der Waals surface area (Å²) >= 11 is 0. The number of nitrogens with two attached hydrogens (primary N) is 1. The number of nitrogens with one attached hydrogen (secondary N) is 1. The fraction of sp³-hybridized carbons (Fsp3) is 0.467. The summed E-state index contributed by atoms with van der Waals surface area (Å²) < 4.78 is 42.5. The topological polar surface area (TPSA) is 84.7 Å². The van der Waals surface area contributed by atoms with Gasteiger partial charge in [0.1, 0.15) is 11.6 Å². The molecule has 3 N–H and O–H groups in total. The zero-order chi connectivity index (χ0) is 17.7. The largest absolute Gasteiger partial charge is 0.435 e. The summed E-state index contributed by atoms with van der Waals surface area (Å²) in [4.78, 5) is 24.9. The summed E-state index contributed by atoms with van der Waals surface area (Å²) in [5.74, 6) is -1.86. The number of benzene rings is 1. The molecule has 6 nitrogen and oxygen atoms in total. The van der Waals surface area contributed by atoms with Crippen molar-refractivity contribution in [2.24, 2.45) is 5.73 Å². The van der Waals surface area contributed by atoms with Crippen molar-refractivity contribution in [1.82, 2.24) is 10.2 Å². The fourth-order valence-electron chi connectivity index (χ4n) is 2.70. The third-order valence-corrected chi connectivity index (χ3v) is 3.80. The molecular formula is C15H18F3N3O3. The number of primary amides is 1. The highest BCUT2D eigenvalue weighted by Crippen LogP contribution is 2.23. The molecule has 1 atom stereocenters. The third-order valence-electron chi connectivity index (χ3n) is 3.80. The van der Waals surface area contributed by atoms with Gasteiger partial charge in [-0.3, -0.25) is 4.79 Å². The summed E-state index contributed by atoms with van der Waals surface area (Å²) in [5, 5.41) is 2.44. The number of likely N-dealkylation sites (tertiary alicyclic amines) is 1. The lowest BCUT2D eigenvalue weighted by Crippen LogP contribution is -2.50. The van der Waals surface area contributed by atoms with E-state index in [1.807, 2.05) is 0 Å². The molecule has 0 aliphatic carbocycles. The standard InChI is InChI=1S/C15H18F3N3O3/c16-12-7-10(24-14(17)18)4-5-11(12)13(22)21-6-2-1-3-9(21)8-20-15(19)23/h4-5,7,9,14H,1-3,6,8H2,(H3,19,20,23). The summed E-state index contributed by atoms with van der Waals surface area (Å²) in [6, 6.07) is 1.98. The van der Waals surface area contributed by atoms with E-state index in [0.717, 1.165) is 31.0 Å². The highest BCUT2D eigenvalue weighted by atomic mass is 19.3. The molecule has 0 aromatic heterocycles. The van der Waals surface area contributed by atoms with Crippen LogP contribution in [0.1, 0.15) is 29.6 Å². The Kier molecular flexibility index (Phi) is 5.88. The minimum Gasteiger partial charge on any atom is -0.435 e. The van der Waals surface area contributed by atoms with Crippen molar-refractivity contribution in [1.29, 1.82) is 0 Å². The minimum absolute atomic E-state index is 0.176. The first-order valence-corrected chi connectivity index (χ1v) is 7.47. The van der Waals surface area contributed by atoms with E-state index in [1.54, 1.807) is 0 Å². The van der Waals surface area contributed by atoms with Crippen LogP contribution in [0.4, 0.5) is 18.0 Å². The number of piperidine rings is 1. The van der Waals surface area contributed by atoms with Crippen LogP contribution in [-0.2, 0) is 0 Å². The van der Waals surface area contributed by atoms with Crippen LogP contribution in [-0.4, -0.2) is 42.6 Å². The molecule has 1 aliphatic heterocycles. The van der Waals surface area contributed by atoms with Crippen LogP contribution in [0.5, 0.6) is 5.75 Å². The lowest BCUT2D eigenvalue weighted by molar-refractivity contribution is -0.0500. The molecule has 0 radical (unpaired) electrons. The molecule has 132 valence electrons. The monoisotopic (exact) mass is 345 g/mol. The molecule has 3 amide bonds. The Labute approximate surface area is 136 Å². The number of nitrogens with zero attached hydrogens (tertiary/aromatic N) is 1. The predicted molar refractivity (Wildman–Crippen MR) is 79.3 cm³/mol. The van der Waals surface area contributed by atoms with Crippen molar-refractivity contribution in [2.75, 3.05) is 13.1 Å². The number of alkyl halides is 2. The Morgan fingerprint density at radius 1 is 1.38 bits per heavy atom. The van der Waals surface area contributed by atoms with E-state index in [1.165, 1.54) is 4.90 Å². The predicted octanol–water partition coefficient (Wildman–Crippen LogP) is 2.09. The van der Waals surface area contributed by atoms with E-state index >= 15 is 0 Å². The lowest BCUT2D eigenvalue weighted by atomic mass is 10.0. The van der Waals surface area contributed by atoms with Gasteiger partial charge < -0.3 is 20.7 Å². The number of carbonyl (C=O) groups is 2. The van der Waals surface area contributed by atoms with Crippen molar-refractivity contribution in [3.8, 4) is 5.75 Å². The van der Waals surface area contributed by atoms with Crippen molar-refractivity contribution in [2.45, 2.75) is 31.9 Å². The van der Waals surface area contributed by atoms with Gasteiger partial charge in [0.2, 0.25) is 0 Å². The number of ether oxygens (including phenoxy) is 1. The Balaban J connectivity index is 2.14. The summed E-state index contributed by atoms with van der Waals surface area (Å²) in [7, 11) is 0. The zero-order valence-corrected chi connectivity index (χ0v) is 12.8. The molecule has 0 bridgehead atoms. The molecule has 1 unspecified atom stereocenters. The van der Waals surface area contributed by atoms with Gasteiger partial charge in [0, 0.05) is 25.2 Å². The molecule has 9 heteroatoms. The Hall–Kier alpha value is -2.45. The summed E-state index contributed by atoms with van der Waals surface area (Å²) in [5.41, 5.74) is 4.80. The van der Waals surface area contributed by atoms with Crippen molar-refractivity contribution in [3.05, 3.63) is 29.6 Å². The maximum atomic E-state index is 14.1. The maximum absolute atomic E-state index is 14.1. The van der Waals surface area contributed by atoms with Crippen LogP contribution in [0, 0.1) is 5.82 Å². The van der Waals surface area contributed by atoms with E-state index in [-0.39, 0.29) is 23.9 Å². The smallest absolute Gasteiger partial charge is 0.387 e. The Morgan fingerprint density at radius 2 is 2.12 bits per heavy atom. The number of hydrogen-bond acceptors (Lipinski definition) is 3. The van der Waals surface area contributed by atoms with Crippen LogP contribution in [0.3, 0.4) is 0 Å². The van der Waals surface area contributed by atoms with Gasteiger partial charge in [-0.1, -0.05) is 0 Å². The van der Waals surface area contributed by atoms with Crippen molar-refractivity contribution < 1.29 is 27.5 Å². The molecule has 1 heterocycles.